The standard InChI is InChI=1S/C32H56O3SSi2/c1-13-17-21-25(5)29(35-38(14-2,15-3)16-4)26(6)30(34-37(11,12)32(8,9)10)27(7)31(33)36-24-28-22-19-18-20-23-28/h13,17-23,25-27,29-30H,1,14-16,24H2,2-12H3/b21-17-/t25-,26?,27?,29?,30?/m0/s1. The Kier molecular flexibility index (Phi) is 14.6. The highest BCUT2D eigenvalue weighted by molar-refractivity contribution is 8.13. The normalized spacial score (nSPS) is 17.1. The molecule has 1 aromatic carbocycles. The second-order valence-corrected chi connectivity index (χ2v) is 22.8. The lowest BCUT2D eigenvalue weighted by molar-refractivity contribution is -0.119. The van der Waals surface area contributed by atoms with Crippen LogP contribution in [0.4, 0.5) is 0 Å². The molecule has 1 rings (SSSR count). The Morgan fingerprint density at radius 2 is 1.53 bits per heavy atom. The maximum absolute atomic E-state index is 13.7. The van der Waals surface area contributed by atoms with Gasteiger partial charge in [0.1, 0.15) is 0 Å². The van der Waals surface area contributed by atoms with Crippen molar-refractivity contribution in [2.75, 3.05) is 0 Å². The van der Waals surface area contributed by atoms with E-state index in [2.05, 4.69) is 100 Å². The van der Waals surface area contributed by atoms with Crippen molar-refractivity contribution in [1.82, 2.24) is 0 Å². The van der Waals surface area contributed by atoms with Crippen LogP contribution in [0.2, 0.25) is 36.3 Å². The molecule has 0 saturated heterocycles. The summed E-state index contributed by atoms with van der Waals surface area (Å²) in [5.74, 6) is 0.683. The van der Waals surface area contributed by atoms with Crippen molar-refractivity contribution in [3.05, 3.63) is 60.7 Å². The first-order chi connectivity index (χ1) is 17.7. The van der Waals surface area contributed by atoms with Crippen LogP contribution in [0, 0.1) is 17.8 Å². The Labute approximate surface area is 241 Å². The van der Waals surface area contributed by atoms with Crippen molar-refractivity contribution in [3.8, 4) is 0 Å². The van der Waals surface area contributed by atoms with Gasteiger partial charge in [0, 0.05) is 11.7 Å². The number of hydrogen-bond acceptors (Lipinski definition) is 4. The third kappa shape index (κ3) is 9.92. The van der Waals surface area contributed by atoms with Crippen molar-refractivity contribution in [3.63, 3.8) is 0 Å². The first-order valence-corrected chi connectivity index (χ1v) is 21.0. The SMILES string of the molecule is C=C/C=C\[C@H](C)C(O[Si](CC)(CC)CC)C(C)C(O[Si](C)(C)C(C)(C)C)C(C)C(=O)SCc1ccccc1. The minimum absolute atomic E-state index is 0.0261. The third-order valence-corrected chi connectivity index (χ3v) is 19.0. The Hall–Kier alpha value is -0.926. The van der Waals surface area contributed by atoms with Crippen molar-refractivity contribution in [2.45, 2.75) is 117 Å². The fourth-order valence-corrected chi connectivity index (χ4v) is 10.1. The Morgan fingerprint density at radius 3 is 2.00 bits per heavy atom. The number of carbonyl (C=O) groups is 1. The molecule has 1 aromatic rings. The first-order valence-electron chi connectivity index (χ1n) is 14.5. The molecule has 0 aromatic heterocycles. The summed E-state index contributed by atoms with van der Waals surface area (Å²) in [6.45, 7) is 28.7. The van der Waals surface area contributed by atoms with E-state index in [1.54, 1.807) is 0 Å². The second kappa shape index (κ2) is 15.8. The zero-order valence-corrected chi connectivity index (χ0v) is 29.0. The summed E-state index contributed by atoms with van der Waals surface area (Å²) in [7, 11) is -4.06. The maximum atomic E-state index is 13.7. The molecule has 0 saturated carbocycles. The molecule has 0 aliphatic rings. The summed E-state index contributed by atoms with van der Waals surface area (Å²) in [6.07, 6.45) is 5.82. The van der Waals surface area contributed by atoms with Gasteiger partial charge in [0.25, 0.3) is 0 Å². The molecule has 0 bridgehead atoms. The lowest BCUT2D eigenvalue weighted by atomic mass is 9.84. The number of hydrogen-bond donors (Lipinski definition) is 0. The fraction of sp³-hybridized carbons (Fsp3) is 0.656. The van der Waals surface area contributed by atoms with E-state index in [0.717, 1.165) is 18.1 Å². The molecule has 0 aliphatic carbocycles. The van der Waals surface area contributed by atoms with Gasteiger partial charge < -0.3 is 8.85 Å². The largest absolute Gasteiger partial charge is 0.413 e. The molecule has 38 heavy (non-hydrogen) atoms. The van der Waals surface area contributed by atoms with Crippen LogP contribution >= 0.6 is 11.8 Å². The number of thioether (sulfide) groups is 1. The van der Waals surface area contributed by atoms with E-state index in [1.807, 2.05) is 30.4 Å². The molecule has 5 atom stereocenters. The number of rotatable bonds is 16. The van der Waals surface area contributed by atoms with Gasteiger partial charge in [-0.05, 0) is 47.7 Å². The predicted octanol–water partition coefficient (Wildman–Crippen LogP) is 9.88. The third-order valence-electron chi connectivity index (χ3n) is 8.75. The molecule has 3 nitrogen and oxygen atoms in total. The molecule has 0 amide bonds. The van der Waals surface area contributed by atoms with Gasteiger partial charge in [-0.15, -0.1) is 0 Å². The molecule has 0 N–H and O–H groups in total. The van der Waals surface area contributed by atoms with E-state index in [1.165, 1.54) is 17.3 Å². The van der Waals surface area contributed by atoms with Crippen LogP contribution in [-0.4, -0.2) is 34.0 Å². The molecular weight excluding hydrogens is 521 g/mol. The highest BCUT2D eigenvalue weighted by Crippen LogP contribution is 2.42. The van der Waals surface area contributed by atoms with Crippen LogP contribution < -0.4 is 0 Å². The Bertz CT molecular complexity index is 866. The van der Waals surface area contributed by atoms with Crippen LogP contribution in [0.15, 0.2) is 55.1 Å². The summed E-state index contributed by atoms with van der Waals surface area (Å²) in [6, 6.07) is 13.5. The monoisotopic (exact) mass is 576 g/mol. The van der Waals surface area contributed by atoms with Gasteiger partial charge in [0.15, 0.2) is 21.8 Å². The summed E-state index contributed by atoms with van der Waals surface area (Å²) < 4.78 is 14.4. The lowest BCUT2D eigenvalue weighted by Crippen LogP contribution is -2.53. The molecule has 0 radical (unpaired) electrons. The van der Waals surface area contributed by atoms with E-state index in [9.17, 15) is 4.79 Å². The second-order valence-electron chi connectivity index (χ2n) is 12.4. The summed E-state index contributed by atoms with van der Waals surface area (Å²) in [5.41, 5.74) is 1.17. The lowest BCUT2D eigenvalue weighted by Gasteiger charge is -2.46. The van der Waals surface area contributed by atoms with Crippen molar-refractivity contribution in [1.29, 1.82) is 0 Å². The van der Waals surface area contributed by atoms with E-state index in [4.69, 9.17) is 8.85 Å². The zero-order chi connectivity index (χ0) is 29.1. The highest BCUT2D eigenvalue weighted by atomic mass is 32.2. The Morgan fingerprint density at radius 1 is 0.974 bits per heavy atom. The Balaban J connectivity index is 3.45. The van der Waals surface area contributed by atoms with Crippen LogP contribution in [0.1, 0.15) is 67.9 Å². The van der Waals surface area contributed by atoms with E-state index in [-0.39, 0.29) is 40.1 Å². The van der Waals surface area contributed by atoms with Crippen molar-refractivity contribution >= 4 is 33.5 Å². The summed E-state index contributed by atoms with van der Waals surface area (Å²) in [4.78, 5) is 13.7. The van der Waals surface area contributed by atoms with Crippen molar-refractivity contribution < 1.29 is 13.6 Å². The van der Waals surface area contributed by atoms with Crippen LogP contribution in [-0.2, 0) is 19.4 Å². The van der Waals surface area contributed by atoms with Gasteiger partial charge >= 0.3 is 0 Å². The molecule has 4 unspecified atom stereocenters. The van der Waals surface area contributed by atoms with Gasteiger partial charge in [-0.1, -0.05) is 129 Å². The van der Waals surface area contributed by atoms with E-state index in [0.29, 0.717) is 5.75 Å². The predicted molar refractivity (Wildman–Crippen MR) is 174 cm³/mol. The van der Waals surface area contributed by atoms with E-state index < -0.39 is 16.6 Å². The van der Waals surface area contributed by atoms with Crippen LogP contribution in [0.5, 0.6) is 0 Å². The molecular formula is C32H56O3SSi2. The quantitative estimate of drug-likeness (QED) is 0.145. The molecule has 0 spiro atoms. The van der Waals surface area contributed by atoms with Gasteiger partial charge in [0.05, 0.1) is 18.1 Å². The van der Waals surface area contributed by atoms with Gasteiger partial charge in [-0.3, -0.25) is 4.79 Å². The van der Waals surface area contributed by atoms with Crippen molar-refractivity contribution in [2.24, 2.45) is 17.8 Å². The topological polar surface area (TPSA) is 35.5 Å². The molecule has 0 fully saturated rings. The smallest absolute Gasteiger partial charge is 0.194 e. The van der Waals surface area contributed by atoms with Crippen LogP contribution in [0.25, 0.3) is 0 Å². The average molecular weight is 577 g/mol. The first kappa shape index (κ1) is 35.1. The number of carbonyl (C=O) groups excluding carboxylic acids is 1. The van der Waals surface area contributed by atoms with Crippen LogP contribution in [0.3, 0.4) is 0 Å². The summed E-state index contributed by atoms with van der Waals surface area (Å²) in [5, 5.41) is 0.243. The molecule has 216 valence electrons. The van der Waals surface area contributed by atoms with Gasteiger partial charge in [0.2, 0.25) is 0 Å². The minimum atomic E-state index is -2.16. The van der Waals surface area contributed by atoms with Gasteiger partial charge in [-0.25, -0.2) is 0 Å². The van der Waals surface area contributed by atoms with E-state index >= 15 is 0 Å². The summed E-state index contributed by atoms with van der Waals surface area (Å²) >= 11 is 1.41. The zero-order valence-electron chi connectivity index (χ0n) is 26.2. The molecule has 0 aliphatic heterocycles. The molecule has 0 heterocycles. The van der Waals surface area contributed by atoms with Gasteiger partial charge in [-0.2, -0.15) is 0 Å². The number of allylic oxidation sites excluding steroid dienone is 2. The maximum Gasteiger partial charge on any atom is 0.194 e. The number of benzene rings is 1. The molecule has 6 heteroatoms. The average Bonchev–Trinajstić information content (AvgIpc) is 2.89. The highest BCUT2D eigenvalue weighted by Gasteiger charge is 2.46. The minimum Gasteiger partial charge on any atom is -0.413 e. The fourth-order valence-electron chi connectivity index (χ4n) is 4.71.